The zero-order valence-corrected chi connectivity index (χ0v) is 23.0. The maximum Gasteiger partial charge on any atom is 0.417 e. The molecule has 2 heterocycles. The summed E-state index contributed by atoms with van der Waals surface area (Å²) in [5.41, 5.74) is 4.19. The van der Waals surface area contributed by atoms with Gasteiger partial charge in [-0.15, -0.1) is 0 Å². The maximum atomic E-state index is 14.2. The normalized spacial score (nSPS) is 21.3. The number of benzene rings is 3. The summed E-state index contributed by atoms with van der Waals surface area (Å²) in [7, 11) is 1.38. The van der Waals surface area contributed by atoms with Gasteiger partial charge in [-0.2, -0.15) is 13.2 Å². The van der Waals surface area contributed by atoms with Crippen LogP contribution in [0.3, 0.4) is 0 Å². The van der Waals surface area contributed by atoms with Crippen molar-refractivity contribution in [1.82, 2.24) is 0 Å². The second-order valence-corrected chi connectivity index (χ2v) is 11.1. The Morgan fingerprint density at radius 3 is 2.51 bits per heavy atom. The lowest BCUT2D eigenvalue weighted by Gasteiger charge is -2.19. The number of fused-ring (bicyclic) bond motifs is 2. The van der Waals surface area contributed by atoms with Crippen molar-refractivity contribution in [3.8, 4) is 22.6 Å². The molecule has 1 fully saturated rings. The molecule has 1 saturated heterocycles. The third-order valence-electron chi connectivity index (χ3n) is 8.55. The Balaban J connectivity index is 1.20. The van der Waals surface area contributed by atoms with E-state index >= 15 is 0 Å². The second kappa shape index (κ2) is 11.4. The average molecular weight is 567 g/mol. The van der Waals surface area contributed by atoms with E-state index in [2.05, 4.69) is 6.07 Å². The molecule has 0 saturated carbocycles. The van der Waals surface area contributed by atoms with Crippen LogP contribution in [0.1, 0.15) is 65.3 Å². The predicted molar refractivity (Wildman–Crippen MR) is 147 cm³/mol. The van der Waals surface area contributed by atoms with Crippen molar-refractivity contribution in [2.75, 3.05) is 26.9 Å². The maximum absolute atomic E-state index is 14.2. The number of carbonyl (C=O) groups excluding carboxylic acids is 1. The van der Waals surface area contributed by atoms with Gasteiger partial charge in [0.1, 0.15) is 17.6 Å². The molecule has 41 heavy (non-hydrogen) atoms. The molecule has 5 nitrogen and oxygen atoms in total. The van der Waals surface area contributed by atoms with Crippen LogP contribution in [-0.4, -0.2) is 39.0 Å². The number of carbonyl (C=O) groups is 1. The molecule has 1 aliphatic carbocycles. The Labute approximate surface area is 237 Å². The largest absolute Gasteiger partial charge is 0.493 e. The summed E-state index contributed by atoms with van der Waals surface area (Å²) in [6.07, 6.45) is -0.332. The van der Waals surface area contributed by atoms with E-state index in [4.69, 9.17) is 18.9 Å². The van der Waals surface area contributed by atoms with Crippen molar-refractivity contribution in [3.63, 3.8) is 0 Å². The zero-order chi connectivity index (χ0) is 28.6. The van der Waals surface area contributed by atoms with Crippen molar-refractivity contribution < 1.29 is 36.9 Å². The molecule has 2 aliphatic heterocycles. The highest BCUT2D eigenvalue weighted by atomic mass is 19.4. The lowest BCUT2D eigenvalue weighted by atomic mass is 9.88. The minimum Gasteiger partial charge on any atom is -0.493 e. The summed E-state index contributed by atoms with van der Waals surface area (Å²) in [4.78, 5) is 11.7. The summed E-state index contributed by atoms with van der Waals surface area (Å²) in [6, 6.07) is 16.0. The van der Waals surface area contributed by atoms with E-state index < -0.39 is 11.7 Å². The SMILES string of the molecule is COC(=O)C[C@@H]1COc2cc(CC[C@@H]3CCc4c3ccc(C(F)(F)F)c4-c3ccc(O[C@H]4CCOC4)cc3)ccc21. The van der Waals surface area contributed by atoms with Crippen LogP contribution < -0.4 is 9.47 Å². The smallest absolute Gasteiger partial charge is 0.417 e. The third kappa shape index (κ3) is 5.80. The van der Waals surface area contributed by atoms with E-state index in [9.17, 15) is 18.0 Å². The second-order valence-electron chi connectivity index (χ2n) is 11.1. The number of hydrogen-bond donors (Lipinski definition) is 0. The van der Waals surface area contributed by atoms with Gasteiger partial charge >= 0.3 is 12.1 Å². The first kappa shape index (κ1) is 27.6. The van der Waals surface area contributed by atoms with Gasteiger partial charge in [-0.3, -0.25) is 4.79 Å². The van der Waals surface area contributed by atoms with Gasteiger partial charge in [0.05, 0.1) is 38.9 Å². The van der Waals surface area contributed by atoms with Crippen LogP contribution in [0.4, 0.5) is 13.2 Å². The van der Waals surface area contributed by atoms with Gasteiger partial charge in [-0.05, 0) is 83.7 Å². The highest BCUT2D eigenvalue weighted by Gasteiger charge is 2.37. The van der Waals surface area contributed by atoms with Crippen molar-refractivity contribution in [1.29, 1.82) is 0 Å². The van der Waals surface area contributed by atoms with Gasteiger partial charge in [0.2, 0.25) is 0 Å². The van der Waals surface area contributed by atoms with E-state index in [-0.39, 0.29) is 35.9 Å². The quantitative estimate of drug-likeness (QED) is 0.269. The Hall–Kier alpha value is -3.52. The van der Waals surface area contributed by atoms with Crippen molar-refractivity contribution in [3.05, 3.63) is 82.4 Å². The fraction of sp³-hybridized carbons (Fsp3) is 0.424. The molecule has 0 N–H and O–H groups in total. The van der Waals surface area contributed by atoms with E-state index in [1.165, 1.54) is 13.2 Å². The number of alkyl halides is 3. The molecule has 3 aliphatic rings. The molecular formula is C33H33F3O5. The summed E-state index contributed by atoms with van der Waals surface area (Å²) in [5.74, 6) is 1.35. The minimum absolute atomic E-state index is 0.00758. The van der Waals surface area contributed by atoms with E-state index in [0.717, 1.165) is 53.7 Å². The zero-order valence-electron chi connectivity index (χ0n) is 23.0. The number of methoxy groups -OCH3 is 1. The van der Waals surface area contributed by atoms with Gasteiger partial charge in [0, 0.05) is 17.9 Å². The summed E-state index contributed by atoms with van der Waals surface area (Å²) in [5, 5.41) is 0. The molecule has 0 unspecified atom stereocenters. The Kier molecular flexibility index (Phi) is 7.68. The van der Waals surface area contributed by atoms with Crippen molar-refractivity contribution >= 4 is 5.97 Å². The van der Waals surface area contributed by atoms with E-state index in [0.29, 0.717) is 37.6 Å². The molecule has 3 aromatic rings. The summed E-state index contributed by atoms with van der Waals surface area (Å²) in [6.45, 7) is 1.64. The van der Waals surface area contributed by atoms with Gasteiger partial charge in [-0.1, -0.05) is 30.3 Å². The molecule has 3 atom stereocenters. The summed E-state index contributed by atoms with van der Waals surface area (Å²) >= 11 is 0. The van der Waals surface area contributed by atoms with Gasteiger partial charge < -0.3 is 18.9 Å². The van der Waals surface area contributed by atoms with Gasteiger partial charge in [-0.25, -0.2) is 0 Å². The lowest BCUT2D eigenvalue weighted by molar-refractivity contribution is -0.141. The van der Waals surface area contributed by atoms with Crippen LogP contribution in [0.2, 0.25) is 0 Å². The van der Waals surface area contributed by atoms with Gasteiger partial charge in [0.25, 0.3) is 0 Å². The third-order valence-corrected chi connectivity index (χ3v) is 8.55. The number of ether oxygens (including phenoxy) is 4. The standard InChI is InChI=1S/C33H33F3O5/c1-38-31(37)17-23-18-40-30-16-20(3-10-27(23)30)2-4-21-7-11-28-26(21)12-13-29(33(34,35)36)32(28)22-5-8-24(9-6-22)41-25-14-15-39-19-25/h3,5-6,8-10,12-13,16,21,23,25H,2,4,7,11,14-15,17-19H2,1H3/t21-,23-,25+/m1/s1. The Morgan fingerprint density at radius 2 is 1.78 bits per heavy atom. The molecule has 0 aromatic heterocycles. The first-order chi connectivity index (χ1) is 19.8. The van der Waals surface area contributed by atoms with Crippen LogP contribution in [0.15, 0.2) is 54.6 Å². The number of esters is 1. The fourth-order valence-electron chi connectivity index (χ4n) is 6.43. The van der Waals surface area contributed by atoms with Crippen LogP contribution in [-0.2, 0) is 33.3 Å². The van der Waals surface area contributed by atoms with Crippen LogP contribution in [0, 0.1) is 0 Å². The molecule has 0 spiro atoms. The first-order valence-electron chi connectivity index (χ1n) is 14.2. The van der Waals surface area contributed by atoms with Gasteiger partial charge in [0.15, 0.2) is 0 Å². The topological polar surface area (TPSA) is 54.0 Å². The molecule has 216 valence electrons. The molecular weight excluding hydrogens is 533 g/mol. The van der Waals surface area contributed by atoms with Crippen LogP contribution >= 0.6 is 0 Å². The average Bonchev–Trinajstić information content (AvgIpc) is 3.72. The molecule has 0 radical (unpaired) electrons. The predicted octanol–water partition coefficient (Wildman–Crippen LogP) is 7.24. The highest BCUT2D eigenvalue weighted by Crippen LogP contribution is 2.47. The van der Waals surface area contributed by atoms with E-state index in [1.54, 1.807) is 30.3 Å². The monoisotopic (exact) mass is 566 g/mol. The molecule has 0 amide bonds. The highest BCUT2D eigenvalue weighted by molar-refractivity contribution is 5.75. The Morgan fingerprint density at radius 1 is 0.976 bits per heavy atom. The lowest BCUT2D eigenvalue weighted by Crippen LogP contribution is -2.15. The minimum atomic E-state index is -4.45. The van der Waals surface area contributed by atoms with Crippen LogP contribution in [0.25, 0.3) is 11.1 Å². The number of halogens is 3. The van der Waals surface area contributed by atoms with Crippen LogP contribution in [0.5, 0.6) is 11.5 Å². The molecule has 6 rings (SSSR count). The number of rotatable bonds is 8. The molecule has 8 heteroatoms. The fourth-order valence-corrected chi connectivity index (χ4v) is 6.43. The Bertz CT molecular complexity index is 1410. The summed E-state index contributed by atoms with van der Waals surface area (Å²) < 4.78 is 64.4. The number of hydrogen-bond acceptors (Lipinski definition) is 5. The number of aryl methyl sites for hydroxylation is 1. The van der Waals surface area contributed by atoms with Crippen molar-refractivity contribution in [2.24, 2.45) is 0 Å². The first-order valence-corrected chi connectivity index (χ1v) is 14.2. The molecule has 0 bridgehead atoms. The van der Waals surface area contributed by atoms with E-state index in [1.807, 2.05) is 12.1 Å². The molecule has 3 aromatic carbocycles. The van der Waals surface area contributed by atoms with Crippen molar-refractivity contribution in [2.45, 2.75) is 62.6 Å².